The third-order valence-corrected chi connectivity index (χ3v) is 5.71. The Labute approximate surface area is 204 Å². The number of ether oxygens (including phenoxy) is 4. The molecule has 0 saturated heterocycles. The first-order valence-electron chi connectivity index (χ1n) is 11.3. The molecule has 178 valence electrons. The molecule has 0 amide bonds. The summed E-state index contributed by atoms with van der Waals surface area (Å²) in [6.45, 7) is 2.67. The largest absolute Gasteiger partial charge is 0.497 e. The minimum absolute atomic E-state index is 0.00647. The molecule has 0 saturated carbocycles. The molecule has 3 aromatic rings. The molecule has 1 aliphatic rings. The van der Waals surface area contributed by atoms with E-state index in [0.29, 0.717) is 40.7 Å². The van der Waals surface area contributed by atoms with Crippen LogP contribution in [0.3, 0.4) is 0 Å². The number of hydrogen-bond acceptors (Lipinski definition) is 7. The van der Waals surface area contributed by atoms with E-state index in [1.54, 1.807) is 49.6 Å². The molecule has 1 heterocycles. The van der Waals surface area contributed by atoms with Gasteiger partial charge in [0.1, 0.15) is 34.6 Å². The van der Waals surface area contributed by atoms with Crippen LogP contribution in [0, 0.1) is 11.3 Å². The topological polar surface area (TPSA) is 104 Å². The maximum atomic E-state index is 12.6. The number of carbonyl (C=O) groups is 1. The van der Waals surface area contributed by atoms with Crippen LogP contribution in [0.5, 0.6) is 23.0 Å². The second-order valence-electron chi connectivity index (χ2n) is 7.98. The highest BCUT2D eigenvalue weighted by molar-refractivity contribution is 5.91. The summed E-state index contributed by atoms with van der Waals surface area (Å²) in [5.74, 6) is 1.05. The zero-order chi connectivity index (χ0) is 24.8. The van der Waals surface area contributed by atoms with E-state index in [1.165, 1.54) is 0 Å². The van der Waals surface area contributed by atoms with Crippen molar-refractivity contribution >= 4 is 5.97 Å². The molecular weight excluding hydrogens is 444 g/mol. The third kappa shape index (κ3) is 5.07. The molecule has 0 radical (unpaired) electrons. The maximum Gasteiger partial charge on any atom is 0.343 e. The Morgan fingerprint density at radius 2 is 1.80 bits per heavy atom. The minimum atomic E-state index is -0.518. The van der Waals surface area contributed by atoms with E-state index in [2.05, 4.69) is 13.0 Å². The van der Waals surface area contributed by atoms with Gasteiger partial charge in [-0.2, -0.15) is 5.26 Å². The first kappa shape index (κ1) is 23.7. The zero-order valence-corrected chi connectivity index (χ0v) is 19.6. The number of nitrogens with zero attached hydrogens (tertiary/aromatic N) is 1. The van der Waals surface area contributed by atoms with E-state index in [1.807, 2.05) is 24.3 Å². The standard InChI is InChI=1S/C28H26N2O5/c1-3-4-15-33-24-8-6-5-7-21(24)26-22-14-13-20(16-25(22)35-27(30)23(26)17-29)34-28(31)18-9-11-19(32-2)12-10-18/h5-14,16,26H,3-4,15,30H2,1-2H3. The van der Waals surface area contributed by atoms with E-state index in [9.17, 15) is 10.1 Å². The molecule has 3 aromatic carbocycles. The van der Waals surface area contributed by atoms with Crippen molar-refractivity contribution in [2.75, 3.05) is 13.7 Å². The van der Waals surface area contributed by atoms with Crippen LogP contribution in [0.2, 0.25) is 0 Å². The number of hydrogen-bond donors (Lipinski definition) is 1. The van der Waals surface area contributed by atoms with Crippen molar-refractivity contribution in [3.05, 3.63) is 94.9 Å². The van der Waals surface area contributed by atoms with Gasteiger partial charge in [-0.1, -0.05) is 37.6 Å². The van der Waals surface area contributed by atoms with Gasteiger partial charge < -0.3 is 24.7 Å². The fourth-order valence-corrected chi connectivity index (χ4v) is 3.89. The third-order valence-electron chi connectivity index (χ3n) is 5.71. The number of allylic oxidation sites excluding steroid dienone is 1. The summed E-state index contributed by atoms with van der Waals surface area (Å²) >= 11 is 0. The molecule has 2 N–H and O–H groups in total. The number of nitrogens with two attached hydrogens (primary N) is 1. The summed E-state index contributed by atoms with van der Waals surface area (Å²) < 4.78 is 22.5. The van der Waals surface area contributed by atoms with Gasteiger partial charge >= 0.3 is 5.97 Å². The van der Waals surface area contributed by atoms with Crippen LogP contribution in [-0.2, 0) is 0 Å². The minimum Gasteiger partial charge on any atom is -0.497 e. The van der Waals surface area contributed by atoms with Gasteiger partial charge in [0, 0.05) is 17.2 Å². The predicted molar refractivity (Wildman–Crippen MR) is 131 cm³/mol. The van der Waals surface area contributed by atoms with Crippen molar-refractivity contribution in [3.63, 3.8) is 0 Å². The number of fused-ring (bicyclic) bond motifs is 1. The van der Waals surface area contributed by atoms with Crippen LogP contribution in [0.1, 0.15) is 47.2 Å². The van der Waals surface area contributed by atoms with Crippen LogP contribution in [0.25, 0.3) is 0 Å². The second-order valence-corrected chi connectivity index (χ2v) is 7.98. The number of unbranched alkanes of at least 4 members (excludes halogenated alkanes) is 1. The first-order valence-corrected chi connectivity index (χ1v) is 11.3. The smallest absolute Gasteiger partial charge is 0.343 e. The molecule has 35 heavy (non-hydrogen) atoms. The number of benzene rings is 3. The number of carbonyl (C=O) groups excluding carboxylic acids is 1. The van der Waals surface area contributed by atoms with Crippen LogP contribution < -0.4 is 24.7 Å². The van der Waals surface area contributed by atoms with Crippen LogP contribution in [0.4, 0.5) is 0 Å². The van der Waals surface area contributed by atoms with E-state index in [4.69, 9.17) is 24.7 Å². The Bertz CT molecular complexity index is 1290. The summed E-state index contributed by atoms with van der Waals surface area (Å²) in [6.07, 6.45) is 1.93. The normalized spacial score (nSPS) is 14.4. The van der Waals surface area contributed by atoms with Crippen LogP contribution in [0.15, 0.2) is 78.2 Å². The van der Waals surface area contributed by atoms with Crippen molar-refractivity contribution < 1.29 is 23.7 Å². The van der Waals surface area contributed by atoms with Crippen LogP contribution in [-0.4, -0.2) is 19.7 Å². The summed E-state index contributed by atoms with van der Waals surface area (Å²) in [4.78, 5) is 12.6. The molecule has 7 nitrogen and oxygen atoms in total. The van der Waals surface area contributed by atoms with Gasteiger partial charge in [-0.25, -0.2) is 4.79 Å². The van der Waals surface area contributed by atoms with Crippen LogP contribution >= 0.6 is 0 Å². The molecule has 7 heteroatoms. The average Bonchev–Trinajstić information content (AvgIpc) is 2.88. The van der Waals surface area contributed by atoms with Gasteiger partial charge in [-0.15, -0.1) is 0 Å². The van der Waals surface area contributed by atoms with Gasteiger partial charge in [0.05, 0.1) is 25.2 Å². The van der Waals surface area contributed by atoms with E-state index in [-0.39, 0.29) is 5.88 Å². The summed E-state index contributed by atoms with van der Waals surface area (Å²) in [5, 5.41) is 9.87. The van der Waals surface area contributed by atoms with Gasteiger partial charge in [0.2, 0.25) is 5.88 Å². The average molecular weight is 471 g/mol. The number of methoxy groups -OCH3 is 1. The quantitative estimate of drug-likeness (QED) is 0.270. The summed E-state index contributed by atoms with van der Waals surface area (Å²) in [7, 11) is 1.56. The lowest BCUT2D eigenvalue weighted by molar-refractivity contribution is 0.0734. The lowest BCUT2D eigenvalue weighted by atomic mass is 9.83. The molecule has 1 unspecified atom stereocenters. The molecule has 0 spiro atoms. The SMILES string of the molecule is CCCCOc1ccccc1C1C(C#N)=C(N)Oc2cc(OC(=O)c3ccc(OC)cc3)ccc21. The highest BCUT2D eigenvalue weighted by Crippen LogP contribution is 2.46. The maximum absolute atomic E-state index is 12.6. The predicted octanol–water partition coefficient (Wildman–Crippen LogP) is 5.31. The Kier molecular flexibility index (Phi) is 7.22. The van der Waals surface area contributed by atoms with Crippen molar-refractivity contribution in [2.24, 2.45) is 5.73 Å². The summed E-state index contributed by atoms with van der Waals surface area (Å²) in [5.41, 5.74) is 8.37. The number of esters is 1. The van der Waals surface area contributed by atoms with Gasteiger partial charge in [-0.3, -0.25) is 0 Å². The Morgan fingerprint density at radius 3 is 2.51 bits per heavy atom. The van der Waals surface area contributed by atoms with Crippen molar-refractivity contribution in [3.8, 4) is 29.1 Å². The zero-order valence-electron chi connectivity index (χ0n) is 19.6. The number of nitriles is 1. The lowest BCUT2D eigenvalue weighted by Crippen LogP contribution is -2.21. The molecule has 4 rings (SSSR count). The van der Waals surface area contributed by atoms with Crippen molar-refractivity contribution in [2.45, 2.75) is 25.7 Å². The molecule has 1 aliphatic heterocycles. The van der Waals surface area contributed by atoms with Gasteiger partial charge in [0.25, 0.3) is 0 Å². The summed E-state index contributed by atoms with van der Waals surface area (Å²) in [6, 6.07) is 21.5. The Morgan fingerprint density at radius 1 is 1.06 bits per heavy atom. The van der Waals surface area contributed by atoms with E-state index in [0.717, 1.165) is 24.0 Å². The highest BCUT2D eigenvalue weighted by Gasteiger charge is 2.33. The van der Waals surface area contributed by atoms with Crippen molar-refractivity contribution in [1.29, 1.82) is 5.26 Å². The monoisotopic (exact) mass is 470 g/mol. The number of rotatable bonds is 8. The molecule has 0 bridgehead atoms. The fourth-order valence-electron chi connectivity index (χ4n) is 3.89. The first-order chi connectivity index (χ1) is 17.0. The lowest BCUT2D eigenvalue weighted by Gasteiger charge is -2.28. The van der Waals surface area contributed by atoms with Crippen molar-refractivity contribution in [1.82, 2.24) is 0 Å². The molecule has 0 fully saturated rings. The molecule has 0 aliphatic carbocycles. The molecule has 1 atom stereocenters. The Balaban J connectivity index is 1.66. The van der Waals surface area contributed by atoms with E-state index < -0.39 is 11.9 Å². The fraction of sp³-hybridized carbons (Fsp3) is 0.214. The number of para-hydroxylation sites is 1. The van der Waals surface area contributed by atoms with Gasteiger partial charge in [-0.05, 0) is 42.8 Å². The Hall–Kier alpha value is -4.44. The molecule has 0 aromatic heterocycles. The van der Waals surface area contributed by atoms with E-state index >= 15 is 0 Å². The molecular formula is C28H26N2O5. The van der Waals surface area contributed by atoms with Gasteiger partial charge in [0.15, 0.2) is 0 Å². The highest BCUT2D eigenvalue weighted by atomic mass is 16.5. The second kappa shape index (κ2) is 10.7.